The zero-order valence-electron chi connectivity index (χ0n) is 18.8. The molecule has 3 aromatic rings. The Morgan fingerprint density at radius 3 is 3.00 bits per heavy atom. The number of H-pyrrole nitrogens is 1. The third-order valence-corrected chi connectivity index (χ3v) is 6.47. The Morgan fingerprint density at radius 1 is 1.39 bits per heavy atom. The first kappa shape index (κ1) is 21.8. The normalized spacial score (nSPS) is 22.4. The topological polar surface area (TPSA) is 112 Å². The van der Waals surface area contributed by atoms with Gasteiger partial charge in [0.25, 0.3) is 0 Å². The van der Waals surface area contributed by atoms with E-state index in [1.54, 1.807) is 19.2 Å². The van der Waals surface area contributed by atoms with Gasteiger partial charge in [-0.2, -0.15) is 0 Å². The summed E-state index contributed by atoms with van der Waals surface area (Å²) in [6, 6.07) is 3.23. The quantitative estimate of drug-likeness (QED) is 0.471. The van der Waals surface area contributed by atoms with Gasteiger partial charge in [0.2, 0.25) is 5.95 Å². The minimum atomic E-state index is -0.972. The molecule has 1 aliphatic heterocycles. The number of rotatable bonds is 4. The Bertz CT molecular complexity index is 1220. The Balaban J connectivity index is 1.63. The third-order valence-electron chi connectivity index (χ3n) is 6.47. The summed E-state index contributed by atoms with van der Waals surface area (Å²) in [6.07, 6.45) is 5.06. The number of carbonyl (C=O) groups excluding carboxylic acids is 1. The molecule has 2 amide bonds. The third kappa shape index (κ3) is 3.95. The van der Waals surface area contributed by atoms with Crippen LogP contribution in [-0.2, 0) is 16.8 Å². The molecule has 0 saturated carbocycles. The molecule has 8 nitrogen and oxygen atoms in total. The van der Waals surface area contributed by atoms with Gasteiger partial charge in [0.15, 0.2) is 0 Å². The zero-order valence-corrected chi connectivity index (χ0v) is 18.8. The summed E-state index contributed by atoms with van der Waals surface area (Å²) in [6.45, 7) is 4.64. The lowest BCUT2D eigenvalue weighted by atomic mass is 9.83. The number of urea groups is 1. The molecule has 0 radical (unpaired) electrons. The molecule has 1 aliphatic carbocycles. The van der Waals surface area contributed by atoms with Gasteiger partial charge in [-0.25, -0.2) is 14.2 Å². The summed E-state index contributed by atoms with van der Waals surface area (Å²) in [4.78, 5) is 24.1. The van der Waals surface area contributed by atoms with Crippen LogP contribution in [0.1, 0.15) is 62.5 Å². The molecule has 0 bridgehead atoms. The first-order chi connectivity index (χ1) is 15.9. The molecule has 33 heavy (non-hydrogen) atoms. The molecule has 1 fully saturated rings. The first-order valence-corrected chi connectivity index (χ1v) is 11.5. The fraction of sp³-hybridized carbons (Fsp3) is 0.458. The lowest BCUT2D eigenvalue weighted by Crippen LogP contribution is -2.28. The number of aryl methyl sites for hydroxylation is 1. The van der Waals surface area contributed by atoms with Crippen molar-refractivity contribution >= 4 is 23.0 Å². The van der Waals surface area contributed by atoms with Crippen molar-refractivity contribution in [1.29, 1.82) is 0 Å². The number of amides is 2. The molecule has 3 heterocycles. The van der Waals surface area contributed by atoms with E-state index in [0.717, 1.165) is 24.8 Å². The number of hydrogen-bond donors (Lipinski definition) is 4. The molecule has 2 unspecified atom stereocenters. The van der Waals surface area contributed by atoms with E-state index in [1.807, 2.05) is 13.0 Å². The van der Waals surface area contributed by atoms with Crippen LogP contribution in [0.4, 0.5) is 15.1 Å². The van der Waals surface area contributed by atoms with E-state index < -0.39 is 17.5 Å². The molecule has 9 heteroatoms. The number of aliphatic hydroxyl groups is 1. The number of anilines is 1. The van der Waals surface area contributed by atoms with Gasteiger partial charge < -0.3 is 20.1 Å². The average molecular weight is 454 g/mol. The highest BCUT2D eigenvalue weighted by molar-refractivity contribution is 5.92. The highest BCUT2D eigenvalue weighted by Gasteiger charge is 2.32. The lowest BCUT2D eigenvalue weighted by Gasteiger charge is -2.30. The summed E-state index contributed by atoms with van der Waals surface area (Å²) in [7, 11) is 0. The van der Waals surface area contributed by atoms with Gasteiger partial charge in [-0.15, -0.1) is 0 Å². The van der Waals surface area contributed by atoms with Gasteiger partial charge in [-0.3, -0.25) is 10.3 Å². The summed E-state index contributed by atoms with van der Waals surface area (Å²) in [5.41, 5.74) is 3.10. The summed E-state index contributed by atoms with van der Waals surface area (Å²) < 4.78 is 21.8. The minimum absolute atomic E-state index is 0.242. The number of halogens is 1. The van der Waals surface area contributed by atoms with Crippen molar-refractivity contribution in [3.8, 4) is 11.1 Å². The number of pyridine rings is 1. The predicted molar refractivity (Wildman–Crippen MR) is 122 cm³/mol. The van der Waals surface area contributed by atoms with Gasteiger partial charge >= 0.3 is 6.03 Å². The number of hydrogen-bond acceptors (Lipinski definition) is 5. The maximum absolute atomic E-state index is 16.0. The number of fused-ring (bicyclic) bond motifs is 2. The molecule has 0 spiro atoms. The molecular formula is C24H28FN5O3. The van der Waals surface area contributed by atoms with Crippen molar-refractivity contribution in [1.82, 2.24) is 20.3 Å². The van der Waals surface area contributed by atoms with Crippen molar-refractivity contribution in [2.45, 2.75) is 57.7 Å². The summed E-state index contributed by atoms with van der Waals surface area (Å²) in [5.74, 6) is -0.152. The van der Waals surface area contributed by atoms with Gasteiger partial charge in [-0.05, 0) is 63.6 Å². The van der Waals surface area contributed by atoms with Gasteiger partial charge in [-0.1, -0.05) is 0 Å². The van der Waals surface area contributed by atoms with Crippen LogP contribution < -0.4 is 10.6 Å². The van der Waals surface area contributed by atoms with Crippen molar-refractivity contribution < 1.29 is 19.0 Å². The maximum Gasteiger partial charge on any atom is 0.321 e. The second-order valence-electron chi connectivity index (χ2n) is 8.98. The minimum Gasteiger partial charge on any atom is -0.384 e. The molecule has 174 valence electrons. The van der Waals surface area contributed by atoms with E-state index in [0.29, 0.717) is 59.4 Å². The van der Waals surface area contributed by atoms with Gasteiger partial charge in [0, 0.05) is 36.0 Å². The van der Waals surface area contributed by atoms with Crippen LogP contribution in [-0.4, -0.2) is 39.2 Å². The Labute approximate surface area is 191 Å². The Hall–Kier alpha value is -3.04. The molecule has 5 rings (SSSR count). The number of aromatic amines is 1. The number of benzene rings is 1. The smallest absolute Gasteiger partial charge is 0.321 e. The number of carbonyl (C=O) groups is 1. The van der Waals surface area contributed by atoms with E-state index in [-0.39, 0.29) is 12.0 Å². The highest BCUT2D eigenvalue weighted by Crippen LogP contribution is 2.41. The second-order valence-corrected chi connectivity index (χ2v) is 8.98. The van der Waals surface area contributed by atoms with E-state index in [9.17, 15) is 9.90 Å². The van der Waals surface area contributed by atoms with Crippen LogP contribution in [0.3, 0.4) is 0 Å². The van der Waals surface area contributed by atoms with Crippen molar-refractivity contribution in [3.63, 3.8) is 0 Å². The molecule has 2 atom stereocenters. The molecular weight excluding hydrogens is 425 g/mol. The molecule has 1 saturated heterocycles. The van der Waals surface area contributed by atoms with Crippen LogP contribution in [0.5, 0.6) is 0 Å². The Kier molecular flexibility index (Phi) is 5.54. The molecule has 2 aromatic heterocycles. The molecule has 4 N–H and O–H groups in total. The summed E-state index contributed by atoms with van der Waals surface area (Å²) in [5, 5.41) is 16.0. The number of ether oxygens (including phenoxy) is 1. The fourth-order valence-corrected chi connectivity index (χ4v) is 4.91. The number of nitrogens with zero attached hydrogens (tertiary/aromatic N) is 2. The van der Waals surface area contributed by atoms with Crippen LogP contribution in [0.15, 0.2) is 18.3 Å². The maximum atomic E-state index is 16.0. The van der Waals surface area contributed by atoms with E-state index >= 15 is 4.39 Å². The van der Waals surface area contributed by atoms with E-state index in [2.05, 4.69) is 25.6 Å². The van der Waals surface area contributed by atoms with Gasteiger partial charge in [0.05, 0.1) is 22.8 Å². The summed E-state index contributed by atoms with van der Waals surface area (Å²) >= 11 is 0. The lowest BCUT2D eigenvalue weighted by molar-refractivity contribution is 0.0340. The van der Waals surface area contributed by atoms with Crippen molar-refractivity contribution in [2.75, 3.05) is 18.5 Å². The SMILES string of the molecule is CCNC(=O)Nc1nc2c(C3CCCO3)c(F)c(-c3cnc4c(c3)CCCC4(C)O)cc2[nH]1. The fourth-order valence-electron chi connectivity index (χ4n) is 4.91. The average Bonchev–Trinajstić information content (AvgIpc) is 3.43. The van der Waals surface area contributed by atoms with Crippen LogP contribution >= 0.6 is 0 Å². The van der Waals surface area contributed by atoms with E-state index in [1.165, 1.54) is 0 Å². The number of nitrogens with one attached hydrogen (secondary N) is 3. The second kappa shape index (κ2) is 8.39. The predicted octanol–water partition coefficient (Wildman–Crippen LogP) is 4.30. The molecule has 2 aliphatic rings. The van der Waals surface area contributed by atoms with Crippen molar-refractivity contribution in [3.05, 3.63) is 41.0 Å². The monoisotopic (exact) mass is 453 g/mol. The van der Waals surface area contributed by atoms with Gasteiger partial charge in [0.1, 0.15) is 11.4 Å². The van der Waals surface area contributed by atoms with E-state index in [4.69, 9.17) is 4.74 Å². The zero-order chi connectivity index (χ0) is 23.2. The van der Waals surface area contributed by atoms with Crippen LogP contribution in [0.25, 0.3) is 22.2 Å². The van der Waals surface area contributed by atoms with Crippen molar-refractivity contribution in [2.24, 2.45) is 0 Å². The van der Waals surface area contributed by atoms with Crippen LogP contribution in [0, 0.1) is 5.82 Å². The number of imidazole rings is 1. The van der Waals surface area contributed by atoms with Crippen LogP contribution in [0.2, 0.25) is 0 Å². The Morgan fingerprint density at radius 2 is 2.24 bits per heavy atom. The highest BCUT2D eigenvalue weighted by atomic mass is 19.1. The first-order valence-electron chi connectivity index (χ1n) is 11.5. The molecule has 1 aromatic carbocycles. The number of aromatic nitrogens is 3. The largest absolute Gasteiger partial charge is 0.384 e. The standard InChI is InChI=1S/C24H28FN5O3/c1-3-26-23(31)30-22-28-16-11-15(19(25)18(20(16)29-22)17-7-5-9-33-17)14-10-13-6-4-8-24(2,32)21(13)27-12-14/h10-12,17,32H,3-9H2,1-2H3,(H3,26,28,29,30,31).